The van der Waals surface area contributed by atoms with E-state index in [0.29, 0.717) is 23.1 Å². The lowest BCUT2D eigenvalue weighted by Gasteiger charge is -2.43. The monoisotopic (exact) mass is 386 g/mol. The van der Waals surface area contributed by atoms with Gasteiger partial charge in [-0.2, -0.15) is 0 Å². The molecule has 4 rings (SSSR count). The van der Waals surface area contributed by atoms with E-state index in [4.69, 9.17) is 9.47 Å². The Bertz CT molecular complexity index is 849. The van der Waals surface area contributed by atoms with Gasteiger partial charge in [-0.3, -0.25) is 0 Å². The highest BCUT2D eigenvalue weighted by atomic mass is 16.7. The Labute approximate surface area is 164 Å². The van der Waals surface area contributed by atoms with Crippen molar-refractivity contribution in [3.05, 3.63) is 64.2 Å². The molecule has 6 heteroatoms. The van der Waals surface area contributed by atoms with Crippen LogP contribution in [-0.2, 0) is 34.7 Å². The second-order valence-electron chi connectivity index (χ2n) is 7.61. The molecule has 2 aromatic carbocycles. The van der Waals surface area contributed by atoms with Gasteiger partial charge in [0.2, 0.25) is 5.79 Å². The first-order valence-corrected chi connectivity index (χ1v) is 9.68. The molecule has 1 fully saturated rings. The molecule has 0 radical (unpaired) electrons. The minimum Gasteiger partial charge on any atom is -0.508 e. The minimum atomic E-state index is -1.53. The number of aromatic hydroxyl groups is 1. The van der Waals surface area contributed by atoms with Crippen LogP contribution in [0.3, 0.4) is 0 Å². The molecule has 2 aliphatic heterocycles. The number of aliphatic hydroxyl groups is 3. The number of aliphatic hydroxyl groups excluding tert-OH is 3. The van der Waals surface area contributed by atoms with Crippen molar-refractivity contribution >= 4 is 0 Å². The molecule has 1 spiro atoms. The smallest absolute Gasteiger partial charge is 0.225 e. The Hall–Kier alpha value is -1.96. The lowest BCUT2D eigenvalue weighted by Crippen LogP contribution is -2.56. The van der Waals surface area contributed by atoms with Gasteiger partial charge in [-0.15, -0.1) is 0 Å². The number of hydrogen-bond donors (Lipinski definition) is 4. The van der Waals surface area contributed by atoms with Crippen LogP contribution in [0.2, 0.25) is 0 Å². The van der Waals surface area contributed by atoms with Gasteiger partial charge in [-0.05, 0) is 40.8 Å². The molecule has 28 heavy (non-hydrogen) atoms. The number of phenols is 1. The molecule has 2 heterocycles. The van der Waals surface area contributed by atoms with Crippen LogP contribution in [0.5, 0.6) is 5.75 Å². The third kappa shape index (κ3) is 3.21. The largest absolute Gasteiger partial charge is 0.508 e. The van der Waals surface area contributed by atoms with Gasteiger partial charge in [0.1, 0.15) is 11.9 Å². The zero-order chi connectivity index (χ0) is 19.9. The van der Waals surface area contributed by atoms with Crippen LogP contribution in [0, 0.1) is 0 Å². The maximum Gasteiger partial charge on any atom is 0.225 e. The number of phenolic OH excluding ortho intramolecular Hbond substituents is 1. The molecule has 0 aromatic heterocycles. The number of aryl methyl sites for hydroxylation is 1. The van der Waals surface area contributed by atoms with E-state index in [1.165, 1.54) is 5.56 Å². The van der Waals surface area contributed by atoms with Crippen molar-refractivity contribution in [3.8, 4) is 5.75 Å². The fourth-order valence-electron chi connectivity index (χ4n) is 4.11. The van der Waals surface area contributed by atoms with Crippen molar-refractivity contribution in [1.29, 1.82) is 0 Å². The molecule has 4 N–H and O–H groups in total. The maximum absolute atomic E-state index is 10.7. The zero-order valence-corrected chi connectivity index (χ0v) is 15.8. The second kappa shape index (κ2) is 7.46. The SMILES string of the molecule is CCc1ccc(Cc2cc3c(cc2O)CO[C@]32O[C@@H](CO)C[C@H](O)[C@H]2O)cc1. The summed E-state index contributed by atoms with van der Waals surface area (Å²) in [6, 6.07) is 11.6. The molecule has 1 saturated heterocycles. The van der Waals surface area contributed by atoms with E-state index in [9.17, 15) is 20.4 Å². The number of hydrogen-bond acceptors (Lipinski definition) is 6. The average molecular weight is 386 g/mol. The van der Waals surface area contributed by atoms with Gasteiger partial charge in [0.25, 0.3) is 0 Å². The standard InChI is InChI=1S/C22H26O6/c1-2-13-3-5-14(6-4-13)7-15-8-18-16(9-19(15)24)12-27-22(18)21(26)20(25)10-17(11-23)28-22/h3-6,8-9,17,20-21,23-26H,2,7,10-12H2,1H3/t17-,20+,21-,22+/m1/s1. The Balaban J connectivity index is 1.70. The summed E-state index contributed by atoms with van der Waals surface area (Å²) in [6.45, 7) is 1.97. The van der Waals surface area contributed by atoms with Gasteiger partial charge in [0, 0.05) is 18.4 Å². The molecule has 0 saturated carbocycles. The molecular weight excluding hydrogens is 360 g/mol. The van der Waals surface area contributed by atoms with E-state index in [0.717, 1.165) is 12.0 Å². The Kier molecular flexibility index (Phi) is 5.16. The first-order valence-electron chi connectivity index (χ1n) is 9.68. The van der Waals surface area contributed by atoms with Gasteiger partial charge >= 0.3 is 0 Å². The fourth-order valence-corrected chi connectivity index (χ4v) is 4.11. The molecule has 4 atom stereocenters. The number of rotatable bonds is 4. The highest BCUT2D eigenvalue weighted by Gasteiger charge is 2.55. The summed E-state index contributed by atoms with van der Waals surface area (Å²) < 4.78 is 11.7. The summed E-state index contributed by atoms with van der Waals surface area (Å²) in [4.78, 5) is 0. The van der Waals surface area contributed by atoms with Crippen LogP contribution >= 0.6 is 0 Å². The quantitative estimate of drug-likeness (QED) is 0.639. The lowest BCUT2D eigenvalue weighted by molar-refractivity contribution is -0.347. The Morgan fingerprint density at radius 1 is 1.11 bits per heavy atom. The van der Waals surface area contributed by atoms with Crippen molar-refractivity contribution in [1.82, 2.24) is 0 Å². The van der Waals surface area contributed by atoms with E-state index in [2.05, 4.69) is 19.1 Å². The summed E-state index contributed by atoms with van der Waals surface area (Å²) in [5, 5.41) is 40.9. The van der Waals surface area contributed by atoms with Crippen LogP contribution < -0.4 is 0 Å². The van der Waals surface area contributed by atoms with Crippen molar-refractivity contribution in [2.24, 2.45) is 0 Å². The van der Waals surface area contributed by atoms with E-state index in [1.807, 2.05) is 12.1 Å². The molecule has 150 valence electrons. The third-order valence-electron chi connectivity index (χ3n) is 5.75. The van der Waals surface area contributed by atoms with Gasteiger partial charge in [-0.1, -0.05) is 31.2 Å². The van der Waals surface area contributed by atoms with E-state index < -0.39 is 24.1 Å². The maximum atomic E-state index is 10.7. The molecule has 6 nitrogen and oxygen atoms in total. The highest BCUT2D eigenvalue weighted by Crippen LogP contribution is 2.47. The summed E-state index contributed by atoms with van der Waals surface area (Å²) in [6.07, 6.45) is -1.38. The first kappa shape index (κ1) is 19.4. The molecule has 0 aliphatic carbocycles. The van der Waals surface area contributed by atoms with E-state index in [1.54, 1.807) is 12.1 Å². The fraction of sp³-hybridized carbons (Fsp3) is 0.455. The Morgan fingerprint density at radius 3 is 2.50 bits per heavy atom. The predicted molar refractivity (Wildman–Crippen MR) is 102 cm³/mol. The van der Waals surface area contributed by atoms with Crippen LogP contribution in [0.1, 0.15) is 41.2 Å². The number of fused-ring (bicyclic) bond motifs is 2. The summed E-state index contributed by atoms with van der Waals surface area (Å²) in [7, 11) is 0. The van der Waals surface area contributed by atoms with Crippen LogP contribution in [0.25, 0.3) is 0 Å². The van der Waals surface area contributed by atoms with E-state index in [-0.39, 0.29) is 25.4 Å². The van der Waals surface area contributed by atoms with Crippen molar-refractivity contribution in [2.75, 3.05) is 6.61 Å². The van der Waals surface area contributed by atoms with Crippen molar-refractivity contribution in [3.63, 3.8) is 0 Å². The zero-order valence-electron chi connectivity index (χ0n) is 15.8. The first-order chi connectivity index (χ1) is 13.5. The lowest BCUT2D eigenvalue weighted by atomic mass is 9.87. The average Bonchev–Trinajstić information content (AvgIpc) is 3.04. The molecule has 0 amide bonds. The molecule has 2 aliphatic rings. The summed E-state index contributed by atoms with van der Waals surface area (Å²) >= 11 is 0. The second-order valence-corrected chi connectivity index (χ2v) is 7.61. The molecular formula is C22H26O6. The number of ether oxygens (including phenoxy) is 2. The van der Waals surface area contributed by atoms with Crippen LogP contribution in [0.15, 0.2) is 36.4 Å². The van der Waals surface area contributed by atoms with Crippen molar-refractivity contribution < 1.29 is 29.9 Å². The molecule has 0 unspecified atom stereocenters. The van der Waals surface area contributed by atoms with Gasteiger partial charge in [0.05, 0.1) is 25.4 Å². The minimum absolute atomic E-state index is 0.132. The Morgan fingerprint density at radius 2 is 1.82 bits per heavy atom. The van der Waals surface area contributed by atoms with Crippen LogP contribution in [-0.4, -0.2) is 45.3 Å². The van der Waals surface area contributed by atoms with Gasteiger partial charge in [0.15, 0.2) is 0 Å². The van der Waals surface area contributed by atoms with Gasteiger partial charge in [-0.25, -0.2) is 0 Å². The normalized spacial score (nSPS) is 29.2. The summed E-state index contributed by atoms with van der Waals surface area (Å²) in [5.74, 6) is -1.38. The van der Waals surface area contributed by atoms with Gasteiger partial charge < -0.3 is 29.9 Å². The van der Waals surface area contributed by atoms with E-state index >= 15 is 0 Å². The third-order valence-corrected chi connectivity index (χ3v) is 5.75. The predicted octanol–water partition coefficient (Wildman–Crippen LogP) is 1.73. The summed E-state index contributed by atoms with van der Waals surface area (Å²) in [5.41, 5.74) is 4.28. The number of benzene rings is 2. The molecule has 2 aromatic rings. The van der Waals surface area contributed by atoms with Crippen molar-refractivity contribution in [2.45, 2.75) is 56.9 Å². The highest BCUT2D eigenvalue weighted by molar-refractivity contribution is 5.48. The topological polar surface area (TPSA) is 99.4 Å². The molecule has 0 bridgehead atoms. The van der Waals surface area contributed by atoms with Crippen LogP contribution in [0.4, 0.5) is 0 Å².